The maximum atomic E-state index is 12.1. The number of carbonyl (C=O) groups excluding carboxylic acids is 1. The number of benzene rings is 1. The third-order valence-electron chi connectivity index (χ3n) is 3.47. The summed E-state index contributed by atoms with van der Waals surface area (Å²) in [5.74, 6) is -0.154. The Morgan fingerprint density at radius 3 is 2.37 bits per heavy atom. The fraction of sp³-hybridized carbons (Fsp3) is 0.400. The Labute approximate surface area is 113 Å². The van der Waals surface area contributed by atoms with Crippen molar-refractivity contribution in [2.45, 2.75) is 26.1 Å². The lowest BCUT2D eigenvalue weighted by atomic mass is 10.0. The molecule has 1 aromatic carbocycles. The number of carbonyl (C=O) groups is 1. The highest BCUT2D eigenvalue weighted by molar-refractivity contribution is 5.92. The van der Waals surface area contributed by atoms with E-state index in [4.69, 9.17) is 0 Å². The van der Waals surface area contributed by atoms with Gasteiger partial charge in [-0.2, -0.15) is 0 Å². The summed E-state index contributed by atoms with van der Waals surface area (Å²) in [5, 5.41) is 19.9. The smallest absolute Gasteiger partial charge is 0.249 e. The number of hydrogen-bond acceptors (Lipinski definition) is 3. The second-order valence-electron chi connectivity index (χ2n) is 5.03. The Kier molecular flexibility index (Phi) is 4.02. The largest absolute Gasteiger partial charge is 0.394 e. The molecule has 1 aliphatic heterocycles. The molecule has 0 fully saturated rings. The average molecular weight is 261 g/mol. The summed E-state index contributed by atoms with van der Waals surface area (Å²) in [4.78, 5) is 13.4. The maximum absolute atomic E-state index is 12.1. The first kappa shape index (κ1) is 13.8. The first-order valence-corrected chi connectivity index (χ1v) is 6.44. The zero-order valence-corrected chi connectivity index (χ0v) is 11.2. The van der Waals surface area contributed by atoms with Crippen molar-refractivity contribution >= 4 is 5.91 Å². The van der Waals surface area contributed by atoms with Crippen molar-refractivity contribution in [3.63, 3.8) is 0 Å². The number of nitrogens with zero attached hydrogens (tertiary/aromatic N) is 1. The molecule has 0 radical (unpaired) electrons. The molecular formula is C15H19NO3. The molecule has 1 aliphatic rings. The molecular weight excluding hydrogens is 242 g/mol. The molecule has 2 atom stereocenters. The Bertz CT molecular complexity index is 481. The highest BCUT2D eigenvalue weighted by Crippen LogP contribution is 2.32. The molecule has 1 unspecified atom stereocenters. The lowest BCUT2D eigenvalue weighted by Gasteiger charge is -2.31. The van der Waals surface area contributed by atoms with Crippen molar-refractivity contribution in [2.75, 3.05) is 6.61 Å². The molecule has 1 amide bonds. The van der Waals surface area contributed by atoms with Gasteiger partial charge in [-0.15, -0.1) is 0 Å². The number of amides is 1. The summed E-state index contributed by atoms with van der Waals surface area (Å²) in [7, 11) is 0. The summed E-state index contributed by atoms with van der Waals surface area (Å²) in [6, 6.07) is 8.74. The summed E-state index contributed by atoms with van der Waals surface area (Å²) >= 11 is 0. The van der Waals surface area contributed by atoms with Gasteiger partial charge >= 0.3 is 0 Å². The Balaban J connectivity index is 2.29. The molecule has 102 valence electrons. The van der Waals surface area contributed by atoms with E-state index in [9.17, 15) is 15.0 Å². The van der Waals surface area contributed by atoms with Gasteiger partial charge < -0.3 is 15.1 Å². The van der Waals surface area contributed by atoms with E-state index in [2.05, 4.69) is 0 Å². The molecule has 2 rings (SSSR count). The van der Waals surface area contributed by atoms with Crippen LogP contribution in [0, 0.1) is 5.92 Å². The van der Waals surface area contributed by atoms with Crippen LogP contribution in [0.2, 0.25) is 0 Å². The lowest BCUT2D eigenvalue weighted by molar-refractivity contribution is -0.136. The van der Waals surface area contributed by atoms with Crippen LogP contribution < -0.4 is 0 Å². The van der Waals surface area contributed by atoms with Gasteiger partial charge in [-0.1, -0.05) is 44.2 Å². The van der Waals surface area contributed by atoms with Crippen LogP contribution in [-0.2, 0) is 4.79 Å². The molecule has 0 saturated heterocycles. The number of aliphatic hydroxyl groups excluding tert-OH is 2. The maximum Gasteiger partial charge on any atom is 0.249 e. The molecule has 0 bridgehead atoms. The molecule has 0 aromatic heterocycles. The topological polar surface area (TPSA) is 60.8 Å². The normalized spacial score (nSPS) is 20.9. The van der Waals surface area contributed by atoms with Gasteiger partial charge in [-0.25, -0.2) is 0 Å². The predicted molar refractivity (Wildman–Crippen MR) is 72.0 cm³/mol. The second kappa shape index (κ2) is 5.55. The van der Waals surface area contributed by atoms with Gasteiger partial charge in [-0.3, -0.25) is 4.79 Å². The highest BCUT2D eigenvalue weighted by Gasteiger charge is 2.37. The summed E-state index contributed by atoms with van der Waals surface area (Å²) in [5.41, 5.74) is 1.51. The standard InChI is InChI=1S/C15H19NO3/c1-10(2)12-8-14(18)16(15(12)19)13(9-17)11-6-4-3-5-7-11/h3-8,10,13,15,17,19H,9H2,1-2H3/t13-,15?/m1/s1. The number of aliphatic hydroxyl groups is 2. The lowest BCUT2D eigenvalue weighted by Crippen LogP contribution is -2.40. The van der Waals surface area contributed by atoms with Crippen molar-refractivity contribution < 1.29 is 15.0 Å². The molecule has 4 heteroatoms. The van der Waals surface area contributed by atoms with Crippen molar-refractivity contribution in [1.82, 2.24) is 4.90 Å². The summed E-state index contributed by atoms with van der Waals surface area (Å²) in [6.07, 6.45) is 0.519. The molecule has 1 heterocycles. The van der Waals surface area contributed by atoms with Crippen molar-refractivity contribution in [2.24, 2.45) is 5.92 Å². The van der Waals surface area contributed by atoms with Crippen LogP contribution in [0.5, 0.6) is 0 Å². The Morgan fingerprint density at radius 1 is 1.26 bits per heavy atom. The summed E-state index contributed by atoms with van der Waals surface area (Å²) < 4.78 is 0. The van der Waals surface area contributed by atoms with Crippen molar-refractivity contribution in [3.05, 3.63) is 47.5 Å². The van der Waals surface area contributed by atoms with Crippen LogP contribution in [0.25, 0.3) is 0 Å². The molecule has 0 saturated carbocycles. The van der Waals surface area contributed by atoms with Crippen LogP contribution >= 0.6 is 0 Å². The van der Waals surface area contributed by atoms with E-state index >= 15 is 0 Å². The molecule has 0 spiro atoms. The minimum Gasteiger partial charge on any atom is -0.394 e. The Morgan fingerprint density at radius 2 is 1.89 bits per heavy atom. The van der Waals surface area contributed by atoms with Gasteiger partial charge in [0.2, 0.25) is 5.91 Å². The fourth-order valence-corrected chi connectivity index (χ4v) is 2.39. The minimum absolute atomic E-state index is 0.0964. The van der Waals surface area contributed by atoms with Crippen LogP contribution in [0.15, 0.2) is 42.0 Å². The predicted octanol–water partition coefficient (Wildman–Crippen LogP) is 1.46. The molecule has 19 heavy (non-hydrogen) atoms. The quantitative estimate of drug-likeness (QED) is 0.862. The van der Waals surface area contributed by atoms with E-state index in [-0.39, 0.29) is 18.4 Å². The third-order valence-corrected chi connectivity index (χ3v) is 3.47. The zero-order chi connectivity index (χ0) is 14.0. The molecule has 1 aromatic rings. The summed E-state index contributed by atoms with van der Waals surface area (Å²) in [6.45, 7) is 3.65. The van der Waals surface area contributed by atoms with Crippen molar-refractivity contribution in [1.29, 1.82) is 0 Å². The van der Waals surface area contributed by atoms with E-state index in [1.165, 1.54) is 11.0 Å². The van der Waals surface area contributed by atoms with Crippen LogP contribution in [0.1, 0.15) is 25.5 Å². The third kappa shape index (κ3) is 2.55. The van der Waals surface area contributed by atoms with Crippen LogP contribution in [-0.4, -0.2) is 33.9 Å². The first-order valence-electron chi connectivity index (χ1n) is 6.44. The molecule has 2 N–H and O–H groups in total. The SMILES string of the molecule is CC(C)C1=CC(=O)N([C@H](CO)c2ccccc2)C1O. The minimum atomic E-state index is -0.954. The van der Waals surface area contributed by atoms with Gasteiger partial charge in [0.15, 0.2) is 6.23 Å². The van der Waals surface area contributed by atoms with E-state index in [1.807, 2.05) is 44.2 Å². The van der Waals surface area contributed by atoms with Gasteiger partial charge in [-0.05, 0) is 17.1 Å². The molecule has 4 nitrogen and oxygen atoms in total. The number of hydrogen-bond donors (Lipinski definition) is 2. The van der Waals surface area contributed by atoms with E-state index in [1.54, 1.807) is 0 Å². The number of rotatable bonds is 4. The van der Waals surface area contributed by atoms with Crippen LogP contribution in [0.4, 0.5) is 0 Å². The van der Waals surface area contributed by atoms with E-state index < -0.39 is 12.3 Å². The Hall–Kier alpha value is -1.65. The van der Waals surface area contributed by atoms with Gasteiger partial charge in [0.05, 0.1) is 12.6 Å². The average Bonchev–Trinajstić information content (AvgIpc) is 2.69. The highest BCUT2D eigenvalue weighted by atomic mass is 16.3. The van der Waals surface area contributed by atoms with E-state index in [0.29, 0.717) is 5.57 Å². The zero-order valence-electron chi connectivity index (χ0n) is 11.2. The molecule has 0 aliphatic carbocycles. The first-order chi connectivity index (χ1) is 9.06. The van der Waals surface area contributed by atoms with Gasteiger partial charge in [0, 0.05) is 6.08 Å². The monoisotopic (exact) mass is 261 g/mol. The van der Waals surface area contributed by atoms with E-state index in [0.717, 1.165) is 5.56 Å². The fourth-order valence-electron chi connectivity index (χ4n) is 2.39. The van der Waals surface area contributed by atoms with Gasteiger partial charge in [0.25, 0.3) is 0 Å². The second-order valence-corrected chi connectivity index (χ2v) is 5.03. The van der Waals surface area contributed by atoms with Crippen LogP contribution in [0.3, 0.4) is 0 Å². The van der Waals surface area contributed by atoms with Gasteiger partial charge in [0.1, 0.15) is 0 Å². The van der Waals surface area contributed by atoms with Crippen molar-refractivity contribution in [3.8, 4) is 0 Å².